The lowest BCUT2D eigenvalue weighted by Gasteiger charge is -2.03. The van der Waals surface area contributed by atoms with Crippen molar-refractivity contribution >= 4 is 11.1 Å². The summed E-state index contributed by atoms with van der Waals surface area (Å²) >= 11 is 0. The molecule has 5 heteroatoms. The minimum Gasteiger partial charge on any atom is -0.441 e. The highest BCUT2D eigenvalue weighted by molar-refractivity contribution is 5.79. The van der Waals surface area contributed by atoms with Crippen molar-refractivity contribution in [3.63, 3.8) is 0 Å². The van der Waals surface area contributed by atoms with E-state index in [1.165, 1.54) is 0 Å². The van der Waals surface area contributed by atoms with Crippen molar-refractivity contribution in [2.45, 2.75) is 19.8 Å². The number of aromatic amines is 1. The first-order chi connectivity index (χ1) is 9.17. The standard InChI is InChI=1S/C14H16N4O/c1-8(6-15)14-16-7-12(18-14)10-3-4-13-11(5-10)17-9(2)19-13/h3-5,7-8H,6,15H2,1-2H3,(H,16,18). The molecule has 0 amide bonds. The molecule has 0 aliphatic carbocycles. The van der Waals surface area contributed by atoms with Gasteiger partial charge in [-0.05, 0) is 18.2 Å². The number of benzene rings is 1. The Morgan fingerprint density at radius 2 is 2.26 bits per heavy atom. The first-order valence-corrected chi connectivity index (χ1v) is 6.30. The largest absolute Gasteiger partial charge is 0.441 e. The number of nitrogens with one attached hydrogen (secondary N) is 1. The van der Waals surface area contributed by atoms with Gasteiger partial charge in [-0.15, -0.1) is 0 Å². The van der Waals surface area contributed by atoms with Gasteiger partial charge in [-0.25, -0.2) is 9.97 Å². The average molecular weight is 256 g/mol. The number of hydrogen-bond acceptors (Lipinski definition) is 4. The molecule has 0 aliphatic heterocycles. The zero-order valence-corrected chi connectivity index (χ0v) is 11.0. The summed E-state index contributed by atoms with van der Waals surface area (Å²) in [5.74, 6) is 1.81. The second-order valence-corrected chi connectivity index (χ2v) is 4.73. The van der Waals surface area contributed by atoms with Gasteiger partial charge in [-0.2, -0.15) is 0 Å². The number of aromatic nitrogens is 3. The van der Waals surface area contributed by atoms with Crippen LogP contribution < -0.4 is 5.73 Å². The normalized spacial score (nSPS) is 13.0. The zero-order valence-electron chi connectivity index (χ0n) is 11.0. The lowest BCUT2D eigenvalue weighted by atomic mass is 10.1. The summed E-state index contributed by atoms with van der Waals surface area (Å²) in [7, 11) is 0. The predicted molar refractivity (Wildman–Crippen MR) is 73.8 cm³/mol. The third kappa shape index (κ3) is 2.13. The van der Waals surface area contributed by atoms with Gasteiger partial charge < -0.3 is 15.1 Å². The molecule has 1 atom stereocenters. The minimum atomic E-state index is 0.228. The van der Waals surface area contributed by atoms with Gasteiger partial charge in [0.15, 0.2) is 11.5 Å². The lowest BCUT2D eigenvalue weighted by molar-refractivity contribution is 0.561. The number of nitrogens with zero attached hydrogens (tertiary/aromatic N) is 2. The van der Waals surface area contributed by atoms with Crippen LogP contribution in [0.25, 0.3) is 22.4 Å². The molecule has 2 aromatic heterocycles. The molecule has 3 rings (SSSR count). The Hall–Kier alpha value is -2.14. The van der Waals surface area contributed by atoms with Crippen LogP contribution in [0.5, 0.6) is 0 Å². The molecular weight excluding hydrogens is 240 g/mol. The minimum absolute atomic E-state index is 0.228. The number of imidazole rings is 1. The Balaban J connectivity index is 2.01. The van der Waals surface area contributed by atoms with E-state index in [0.717, 1.165) is 28.2 Å². The van der Waals surface area contributed by atoms with Crippen molar-refractivity contribution in [3.05, 3.63) is 36.1 Å². The summed E-state index contributed by atoms with van der Waals surface area (Å²) in [6.07, 6.45) is 1.83. The quantitative estimate of drug-likeness (QED) is 0.754. The number of H-pyrrole nitrogens is 1. The Kier molecular flexibility index (Phi) is 2.83. The van der Waals surface area contributed by atoms with Crippen LogP contribution in [-0.4, -0.2) is 21.5 Å². The second kappa shape index (κ2) is 4.51. The van der Waals surface area contributed by atoms with E-state index in [1.54, 1.807) is 0 Å². The number of aryl methyl sites for hydroxylation is 1. The number of rotatable bonds is 3. The van der Waals surface area contributed by atoms with Crippen LogP contribution in [0.3, 0.4) is 0 Å². The van der Waals surface area contributed by atoms with E-state index in [2.05, 4.69) is 15.0 Å². The van der Waals surface area contributed by atoms with Crippen LogP contribution >= 0.6 is 0 Å². The molecule has 3 N–H and O–H groups in total. The van der Waals surface area contributed by atoms with Gasteiger partial charge >= 0.3 is 0 Å². The van der Waals surface area contributed by atoms with Gasteiger partial charge in [0.25, 0.3) is 0 Å². The molecule has 0 saturated heterocycles. The highest BCUT2D eigenvalue weighted by Gasteiger charge is 2.10. The molecule has 19 heavy (non-hydrogen) atoms. The Labute approximate surface area is 110 Å². The molecule has 0 aliphatic rings. The smallest absolute Gasteiger partial charge is 0.192 e. The number of nitrogens with two attached hydrogens (primary N) is 1. The van der Waals surface area contributed by atoms with Crippen molar-refractivity contribution in [2.75, 3.05) is 6.54 Å². The molecule has 98 valence electrons. The van der Waals surface area contributed by atoms with E-state index >= 15 is 0 Å². The van der Waals surface area contributed by atoms with E-state index in [9.17, 15) is 0 Å². The van der Waals surface area contributed by atoms with Gasteiger partial charge in [-0.3, -0.25) is 0 Å². The summed E-state index contributed by atoms with van der Waals surface area (Å²) in [6.45, 7) is 4.47. The Morgan fingerprint density at radius 3 is 3.05 bits per heavy atom. The van der Waals surface area contributed by atoms with Crippen molar-refractivity contribution in [2.24, 2.45) is 5.73 Å². The molecule has 0 fully saturated rings. The lowest BCUT2D eigenvalue weighted by Crippen LogP contribution is -2.10. The number of hydrogen-bond donors (Lipinski definition) is 2. The first-order valence-electron chi connectivity index (χ1n) is 6.30. The molecule has 0 bridgehead atoms. The zero-order chi connectivity index (χ0) is 13.4. The first kappa shape index (κ1) is 11.9. The topological polar surface area (TPSA) is 80.7 Å². The Morgan fingerprint density at radius 1 is 1.42 bits per heavy atom. The molecule has 1 unspecified atom stereocenters. The van der Waals surface area contributed by atoms with Gasteiger partial charge in [0.2, 0.25) is 0 Å². The van der Waals surface area contributed by atoms with E-state index in [4.69, 9.17) is 10.2 Å². The van der Waals surface area contributed by atoms with Gasteiger partial charge in [-0.1, -0.05) is 6.92 Å². The fourth-order valence-corrected chi connectivity index (χ4v) is 2.06. The van der Waals surface area contributed by atoms with Crippen LogP contribution in [0.15, 0.2) is 28.8 Å². The third-order valence-corrected chi connectivity index (χ3v) is 3.22. The summed E-state index contributed by atoms with van der Waals surface area (Å²) < 4.78 is 5.47. The van der Waals surface area contributed by atoms with E-state index in [0.29, 0.717) is 12.4 Å². The summed E-state index contributed by atoms with van der Waals surface area (Å²) in [5.41, 5.74) is 9.32. The SMILES string of the molecule is Cc1nc2cc(-c3cnc(C(C)CN)[nH]3)ccc2o1. The maximum atomic E-state index is 5.65. The maximum Gasteiger partial charge on any atom is 0.192 e. The number of oxazole rings is 1. The van der Waals surface area contributed by atoms with Gasteiger partial charge in [0, 0.05) is 24.9 Å². The molecule has 0 spiro atoms. The van der Waals surface area contributed by atoms with Crippen molar-refractivity contribution in [1.82, 2.24) is 15.0 Å². The monoisotopic (exact) mass is 256 g/mol. The van der Waals surface area contributed by atoms with Crippen LogP contribution in [-0.2, 0) is 0 Å². The number of fused-ring (bicyclic) bond motifs is 1. The highest BCUT2D eigenvalue weighted by atomic mass is 16.3. The predicted octanol–water partition coefficient (Wildman–Crippen LogP) is 2.59. The van der Waals surface area contributed by atoms with Crippen LogP contribution in [0.1, 0.15) is 24.6 Å². The Bertz CT molecular complexity index is 713. The van der Waals surface area contributed by atoms with Crippen molar-refractivity contribution < 1.29 is 4.42 Å². The summed E-state index contributed by atoms with van der Waals surface area (Å²) in [6, 6.07) is 5.92. The summed E-state index contributed by atoms with van der Waals surface area (Å²) in [5, 5.41) is 0. The molecule has 0 radical (unpaired) electrons. The van der Waals surface area contributed by atoms with E-state index < -0.39 is 0 Å². The maximum absolute atomic E-state index is 5.65. The molecular formula is C14H16N4O. The molecule has 2 heterocycles. The van der Waals surface area contributed by atoms with Crippen molar-refractivity contribution in [1.29, 1.82) is 0 Å². The van der Waals surface area contributed by atoms with Gasteiger partial charge in [0.05, 0.1) is 11.9 Å². The van der Waals surface area contributed by atoms with Crippen molar-refractivity contribution in [3.8, 4) is 11.3 Å². The summed E-state index contributed by atoms with van der Waals surface area (Å²) in [4.78, 5) is 12.0. The fourth-order valence-electron chi connectivity index (χ4n) is 2.06. The van der Waals surface area contributed by atoms with E-state index in [-0.39, 0.29) is 5.92 Å². The third-order valence-electron chi connectivity index (χ3n) is 3.22. The average Bonchev–Trinajstić information content (AvgIpc) is 3.01. The molecule has 1 aromatic carbocycles. The fraction of sp³-hybridized carbons (Fsp3) is 0.286. The molecule has 0 saturated carbocycles. The van der Waals surface area contributed by atoms with Crippen LogP contribution in [0.4, 0.5) is 0 Å². The van der Waals surface area contributed by atoms with Gasteiger partial charge in [0.1, 0.15) is 11.3 Å². The second-order valence-electron chi connectivity index (χ2n) is 4.73. The van der Waals surface area contributed by atoms with E-state index in [1.807, 2.05) is 38.2 Å². The molecule has 5 nitrogen and oxygen atoms in total. The van der Waals surface area contributed by atoms with Crippen LogP contribution in [0, 0.1) is 6.92 Å². The van der Waals surface area contributed by atoms with Crippen LogP contribution in [0.2, 0.25) is 0 Å². The molecule has 3 aromatic rings. The highest BCUT2D eigenvalue weighted by Crippen LogP contribution is 2.24.